The molecule has 2 aromatic carbocycles. The molecule has 4 nitrogen and oxygen atoms in total. The molecule has 146 valence electrons. The summed E-state index contributed by atoms with van der Waals surface area (Å²) in [5, 5.41) is 1.52. The highest BCUT2D eigenvalue weighted by molar-refractivity contribution is 7.98. The molecule has 29 heavy (non-hydrogen) atoms. The molecule has 0 aliphatic rings. The van der Waals surface area contributed by atoms with Crippen molar-refractivity contribution in [1.82, 2.24) is 14.5 Å². The fourth-order valence-electron chi connectivity index (χ4n) is 2.75. The second-order valence-electron chi connectivity index (χ2n) is 6.23. The summed E-state index contributed by atoms with van der Waals surface area (Å²) in [4.78, 5) is 8.65. The SMILES string of the molecule is Fc1ccc(OCc2cnc(SCc3ccncc3)n2-c2ccc(Cl)cc2)cc1. The molecular weight excluding hydrogens is 409 g/mol. The molecule has 4 aromatic rings. The molecule has 0 unspecified atom stereocenters. The number of halogens is 2. The van der Waals surface area contributed by atoms with Gasteiger partial charge in [-0.25, -0.2) is 9.37 Å². The number of nitrogens with zero attached hydrogens (tertiary/aromatic N) is 3. The van der Waals surface area contributed by atoms with Crippen LogP contribution in [0.4, 0.5) is 4.39 Å². The van der Waals surface area contributed by atoms with Gasteiger partial charge < -0.3 is 4.74 Å². The Bertz CT molecular complexity index is 1070. The maximum absolute atomic E-state index is 13.1. The number of hydrogen-bond donors (Lipinski definition) is 0. The molecule has 2 aromatic heterocycles. The second kappa shape index (κ2) is 9.11. The average Bonchev–Trinajstić information content (AvgIpc) is 3.16. The number of rotatable bonds is 7. The van der Waals surface area contributed by atoms with Crippen LogP contribution >= 0.6 is 23.4 Å². The highest BCUT2D eigenvalue weighted by Crippen LogP contribution is 2.27. The Morgan fingerprint density at radius 2 is 1.69 bits per heavy atom. The molecule has 0 aliphatic carbocycles. The zero-order chi connectivity index (χ0) is 20.1. The van der Waals surface area contributed by atoms with Crippen molar-refractivity contribution in [2.75, 3.05) is 0 Å². The van der Waals surface area contributed by atoms with Crippen LogP contribution in [0.25, 0.3) is 5.69 Å². The third-order valence-corrected chi connectivity index (χ3v) is 5.48. The van der Waals surface area contributed by atoms with E-state index in [1.54, 1.807) is 42.5 Å². The van der Waals surface area contributed by atoms with Crippen LogP contribution in [0.2, 0.25) is 5.02 Å². The van der Waals surface area contributed by atoms with Crippen LogP contribution < -0.4 is 4.74 Å². The normalized spacial score (nSPS) is 10.8. The zero-order valence-electron chi connectivity index (χ0n) is 15.3. The largest absolute Gasteiger partial charge is 0.487 e. The van der Waals surface area contributed by atoms with Crippen LogP contribution in [0, 0.1) is 5.82 Å². The first-order chi connectivity index (χ1) is 14.2. The Morgan fingerprint density at radius 3 is 2.41 bits per heavy atom. The smallest absolute Gasteiger partial charge is 0.173 e. The van der Waals surface area contributed by atoms with Gasteiger partial charge in [-0.2, -0.15) is 0 Å². The lowest BCUT2D eigenvalue weighted by atomic mass is 10.3. The maximum atomic E-state index is 13.1. The van der Waals surface area contributed by atoms with E-state index in [1.807, 2.05) is 41.0 Å². The van der Waals surface area contributed by atoms with E-state index in [1.165, 1.54) is 17.7 Å². The van der Waals surface area contributed by atoms with E-state index in [-0.39, 0.29) is 5.82 Å². The molecule has 0 amide bonds. The summed E-state index contributed by atoms with van der Waals surface area (Å²) in [6.07, 6.45) is 5.36. The van der Waals surface area contributed by atoms with E-state index >= 15 is 0 Å². The number of aromatic nitrogens is 3. The van der Waals surface area contributed by atoms with Gasteiger partial charge in [0.05, 0.1) is 11.9 Å². The monoisotopic (exact) mass is 425 g/mol. The molecule has 0 bridgehead atoms. The highest BCUT2D eigenvalue weighted by Gasteiger charge is 2.14. The molecule has 4 rings (SSSR count). The van der Waals surface area contributed by atoms with Gasteiger partial charge in [-0.05, 0) is 66.2 Å². The molecule has 7 heteroatoms. The zero-order valence-corrected chi connectivity index (χ0v) is 16.9. The minimum Gasteiger partial charge on any atom is -0.487 e. The van der Waals surface area contributed by atoms with Crippen molar-refractivity contribution < 1.29 is 9.13 Å². The first-order valence-corrected chi connectivity index (χ1v) is 10.3. The Balaban J connectivity index is 1.59. The van der Waals surface area contributed by atoms with Crippen LogP contribution in [0.3, 0.4) is 0 Å². The van der Waals surface area contributed by atoms with Gasteiger partial charge >= 0.3 is 0 Å². The standard InChI is InChI=1S/C22H17ClFN3OS/c23-17-1-5-19(6-2-17)27-20(14-28-21-7-3-18(24)4-8-21)13-26-22(27)29-15-16-9-11-25-12-10-16/h1-13H,14-15H2. The maximum Gasteiger partial charge on any atom is 0.173 e. The average molecular weight is 426 g/mol. The fraction of sp³-hybridized carbons (Fsp3) is 0.0909. The van der Waals surface area contributed by atoms with Crippen molar-refractivity contribution in [3.8, 4) is 11.4 Å². The molecule has 0 aliphatic heterocycles. The van der Waals surface area contributed by atoms with Gasteiger partial charge in [0, 0.05) is 28.9 Å². The molecule has 0 fully saturated rings. The van der Waals surface area contributed by atoms with Crippen molar-refractivity contribution in [2.24, 2.45) is 0 Å². The third-order valence-electron chi connectivity index (χ3n) is 4.20. The van der Waals surface area contributed by atoms with Gasteiger partial charge in [0.15, 0.2) is 5.16 Å². The second-order valence-corrected chi connectivity index (χ2v) is 7.61. The summed E-state index contributed by atoms with van der Waals surface area (Å²) < 4.78 is 21.0. The summed E-state index contributed by atoms with van der Waals surface area (Å²) in [5.74, 6) is 1.07. The number of benzene rings is 2. The Labute approximate surface area is 177 Å². The van der Waals surface area contributed by atoms with Gasteiger partial charge in [-0.3, -0.25) is 9.55 Å². The summed E-state index contributed by atoms with van der Waals surface area (Å²) in [5.41, 5.74) is 3.00. The van der Waals surface area contributed by atoms with Gasteiger partial charge in [0.25, 0.3) is 0 Å². The van der Waals surface area contributed by atoms with Crippen molar-refractivity contribution in [1.29, 1.82) is 0 Å². The van der Waals surface area contributed by atoms with Crippen LogP contribution in [-0.2, 0) is 12.4 Å². The van der Waals surface area contributed by atoms with E-state index in [9.17, 15) is 4.39 Å². The first-order valence-electron chi connectivity index (χ1n) is 8.92. The highest BCUT2D eigenvalue weighted by atomic mass is 35.5. The Kier molecular flexibility index (Phi) is 6.12. The van der Waals surface area contributed by atoms with E-state index in [0.717, 1.165) is 22.3 Å². The van der Waals surface area contributed by atoms with Crippen molar-refractivity contribution in [3.63, 3.8) is 0 Å². The van der Waals surface area contributed by atoms with Crippen LogP contribution in [0.15, 0.2) is 84.4 Å². The first kappa shape index (κ1) is 19.5. The number of pyridine rings is 1. The minimum absolute atomic E-state index is 0.293. The molecule has 0 saturated carbocycles. The summed E-state index contributed by atoms with van der Waals surface area (Å²) in [6.45, 7) is 0.303. The summed E-state index contributed by atoms with van der Waals surface area (Å²) in [7, 11) is 0. The van der Waals surface area contributed by atoms with Crippen LogP contribution in [-0.4, -0.2) is 14.5 Å². The Hall–Kier alpha value is -2.83. The lowest BCUT2D eigenvalue weighted by Gasteiger charge is -2.13. The van der Waals surface area contributed by atoms with Crippen molar-refractivity contribution in [2.45, 2.75) is 17.5 Å². The third kappa shape index (κ3) is 4.96. The van der Waals surface area contributed by atoms with E-state index in [0.29, 0.717) is 17.4 Å². The van der Waals surface area contributed by atoms with Crippen LogP contribution in [0.1, 0.15) is 11.3 Å². The van der Waals surface area contributed by atoms with E-state index in [2.05, 4.69) is 9.97 Å². The number of hydrogen-bond acceptors (Lipinski definition) is 4. The van der Waals surface area contributed by atoms with E-state index in [4.69, 9.17) is 16.3 Å². The molecule has 0 radical (unpaired) electrons. The number of imidazole rings is 1. The quantitative estimate of drug-likeness (QED) is 0.344. The predicted molar refractivity (Wildman–Crippen MR) is 113 cm³/mol. The van der Waals surface area contributed by atoms with E-state index < -0.39 is 0 Å². The number of ether oxygens (including phenoxy) is 1. The lowest BCUT2D eigenvalue weighted by molar-refractivity contribution is 0.298. The molecule has 0 N–H and O–H groups in total. The molecule has 0 atom stereocenters. The molecule has 2 heterocycles. The van der Waals surface area contributed by atoms with Crippen molar-refractivity contribution in [3.05, 3.63) is 101 Å². The summed E-state index contributed by atoms with van der Waals surface area (Å²) >= 11 is 7.69. The van der Waals surface area contributed by atoms with Gasteiger partial charge in [0.2, 0.25) is 0 Å². The topological polar surface area (TPSA) is 39.9 Å². The molecule has 0 spiro atoms. The molecular formula is C22H17ClFN3OS. The fourth-order valence-corrected chi connectivity index (χ4v) is 3.85. The molecule has 0 saturated heterocycles. The van der Waals surface area contributed by atoms with Gasteiger partial charge in [-0.1, -0.05) is 23.4 Å². The lowest BCUT2D eigenvalue weighted by Crippen LogP contribution is -2.05. The van der Waals surface area contributed by atoms with Crippen LogP contribution in [0.5, 0.6) is 5.75 Å². The summed E-state index contributed by atoms with van der Waals surface area (Å²) in [6, 6.07) is 17.5. The van der Waals surface area contributed by atoms with Gasteiger partial charge in [0.1, 0.15) is 18.2 Å². The minimum atomic E-state index is -0.293. The number of thioether (sulfide) groups is 1. The van der Waals surface area contributed by atoms with Crippen molar-refractivity contribution >= 4 is 23.4 Å². The Morgan fingerprint density at radius 1 is 0.966 bits per heavy atom. The predicted octanol–water partition coefficient (Wildman–Crippen LogP) is 5.93. The van der Waals surface area contributed by atoms with Gasteiger partial charge in [-0.15, -0.1) is 0 Å².